The summed E-state index contributed by atoms with van der Waals surface area (Å²) in [6.45, 7) is 0. The van der Waals surface area contributed by atoms with Crippen LogP contribution in [-0.2, 0) is 10.1 Å². The van der Waals surface area contributed by atoms with Crippen molar-refractivity contribution in [3.05, 3.63) is 48.8 Å². The van der Waals surface area contributed by atoms with Crippen LogP contribution in [0.1, 0.15) is 0 Å². The molecule has 0 aliphatic rings. The van der Waals surface area contributed by atoms with Crippen LogP contribution in [0.25, 0.3) is 11.1 Å². The van der Waals surface area contributed by atoms with Crippen molar-refractivity contribution in [2.24, 2.45) is 0 Å². The Balaban J connectivity index is 2.68. The zero-order valence-corrected chi connectivity index (χ0v) is 9.05. The fourth-order valence-electron chi connectivity index (χ4n) is 1.46. The van der Waals surface area contributed by atoms with Gasteiger partial charge in [-0.15, -0.1) is 0 Å². The summed E-state index contributed by atoms with van der Waals surface area (Å²) in [6.07, 6.45) is 3.13. The molecule has 0 atom stereocenters. The van der Waals surface area contributed by atoms with Crippen molar-refractivity contribution in [2.45, 2.75) is 4.90 Å². The maximum atomic E-state index is 11.2. The van der Waals surface area contributed by atoms with Crippen LogP contribution in [0.4, 0.5) is 0 Å². The number of aromatic nitrogens is 1. The van der Waals surface area contributed by atoms with E-state index in [1.54, 1.807) is 42.7 Å². The Morgan fingerprint density at radius 2 is 1.62 bits per heavy atom. The van der Waals surface area contributed by atoms with Crippen molar-refractivity contribution >= 4 is 10.1 Å². The van der Waals surface area contributed by atoms with Gasteiger partial charge in [0.1, 0.15) is 4.90 Å². The van der Waals surface area contributed by atoms with E-state index in [-0.39, 0.29) is 4.90 Å². The summed E-state index contributed by atoms with van der Waals surface area (Å²) >= 11 is 0. The number of rotatable bonds is 2. The molecule has 0 bridgehead atoms. The summed E-state index contributed by atoms with van der Waals surface area (Å²) in [7, 11) is -4.20. The molecule has 0 unspecified atom stereocenters. The Morgan fingerprint density at radius 1 is 1.00 bits per heavy atom. The minimum absolute atomic E-state index is 0.0961. The SMILES string of the molecule is O=S(=O)(O)c1ccccc1-c1ccncc1. The number of hydrogen-bond acceptors (Lipinski definition) is 3. The Morgan fingerprint density at radius 3 is 2.25 bits per heavy atom. The van der Waals surface area contributed by atoms with E-state index in [1.807, 2.05) is 0 Å². The lowest BCUT2D eigenvalue weighted by molar-refractivity contribution is 0.483. The second-order valence-corrected chi connectivity index (χ2v) is 4.60. The predicted molar refractivity (Wildman–Crippen MR) is 59.5 cm³/mol. The molecule has 1 aromatic heterocycles. The van der Waals surface area contributed by atoms with E-state index in [2.05, 4.69) is 4.98 Å². The second kappa shape index (κ2) is 4.03. The topological polar surface area (TPSA) is 67.3 Å². The van der Waals surface area contributed by atoms with Crippen LogP contribution in [0.3, 0.4) is 0 Å². The first-order chi connectivity index (χ1) is 7.59. The Kier molecular flexibility index (Phi) is 2.72. The lowest BCUT2D eigenvalue weighted by atomic mass is 10.1. The van der Waals surface area contributed by atoms with Gasteiger partial charge in [0, 0.05) is 18.0 Å². The number of pyridine rings is 1. The standard InChI is InChI=1S/C11H9NO3S/c13-16(14,15)11-4-2-1-3-10(11)9-5-7-12-8-6-9/h1-8H,(H,13,14,15). The van der Waals surface area contributed by atoms with Crippen LogP contribution in [0, 0.1) is 0 Å². The Labute approximate surface area is 93.3 Å². The molecule has 0 aliphatic carbocycles. The zero-order valence-electron chi connectivity index (χ0n) is 8.24. The molecular weight excluding hydrogens is 226 g/mol. The van der Waals surface area contributed by atoms with Crippen LogP contribution >= 0.6 is 0 Å². The molecule has 0 fully saturated rings. The van der Waals surface area contributed by atoms with E-state index in [4.69, 9.17) is 4.55 Å². The fourth-order valence-corrected chi connectivity index (χ4v) is 2.18. The van der Waals surface area contributed by atoms with Gasteiger partial charge >= 0.3 is 0 Å². The minimum atomic E-state index is -4.20. The van der Waals surface area contributed by atoms with Gasteiger partial charge in [0.2, 0.25) is 0 Å². The van der Waals surface area contributed by atoms with Crippen molar-refractivity contribution in [3.8, 4) is 11.1 Å². The summed E-state index contributed by atoms with van der Waals surface area (Å²) in [4.78, 5) is 3.75. The molecule has 1 heterocycles. The predicted octanol–water partition coefficient (Wildman–Crippen LogP) is 2.00. The van der Waals surface area contributed by atoms with E-state index in [0.717, 1.165) is 0 Å². The third-order valence-corrected chi connectivity index (χ3v) is 3.07. The summed E-state index contributed by atoms with van der Waals surface area (Å²) in [6, 6.07) is 9.65. The van der Waals surface area contributed by atoms with Gasteiger partial charge < -0.3 is 0 Å². The van der Waals surface area contributed by atoms with Crippen molar-refractivity contribution in [1.82, 2.24) is 4.98 Å². The monoisotopic (exact) mass is 235 g/mol. The molecule has 0 saturated carbocycles. The molecule has 16 heavy (non-hydrogen) atoms. The molecule has 0 spiro atoms. The van der Waals surface area contributed by atoms with Gasteiger partial charge in [0.05, 0.1) is 0 Å². The molecule has 82 valence electrons. The maximum absolute atomic E-state index is 11.2. The third kappa shape index (κ3) is 2.10. The number of hydrogen-bond donors (Lipinski definition) is 1. The highest BCUT2D eigenvalue weighted by atomic mass is 32.2. The summed E-state index contributed by atoms with van der Waals surface area (Å²) in [5.74, 6) is 0. The lowest BCUT2D eigenvalue weighted by Gasteiger charge is -2.06. The molecule has 2 aromatic rings. The van der Waals surface area contributed by atoms with Gasteiger partial charge in [-0.05, 0) is 23.8 Å². The van der Waals surface area contributed by atoms with Crippen LogP contribution in [0.5, 0.6) is 0 Å². The van der Waals surface area contributed by atoms with E-state index in [1.165, 1.54) is 6.07 Å². The quantitative estimate of drug-likeness (QED) is 0.808. The van der Waals surface area contributed by atoms with Crippen LogP contribution in [0.15, 0.2) is 53.7 Å². The fraction of sp³-hybridized carbons (Fsp3) is 0. The normalized spacial score (nSPS) is 11.3. The van der Waals surface area contributed by atoms with Crippen molar-refractivity contribution in [1.29, 1.82) is 0 Å². The van der Waals surface area contributed by atoms with Gasteiger partial charge in [-0.25, -0.2) is 0 Å². The van der Waals surface area contributed by atoms with Gasteiger partial charge in [-0.3, -0.25) is 9.54 Å². The largest absolute Gasteiger partial charge is 0.295 e. The van der Waals surface area contributed by atoms with Gasteiger partial charge in [0.25, 0.3) is 10.1 Å². The zero-order chi connectivity index (χ0) is 11.6. The average molecular weight is 235 g/mol. The van der Waals surface area contributed by atoms with Gasteiger partial charge in [-0.1, -0.05) is 18.2 Å². The van der Waals surface area contributed by atoms with E-state index in [0.29, 0.717) is 11.1 Å². The lowest BCUT2D eigenvalue weighted by Crippen LogP contribution is -2.00. The first-order valence-electron chi connectivity index (χ1n) is 4.56. The van der Waals surface area contributed by atoms with Crippen molar-refractivity contribution < 1.29 is 13.0 Å². The molecule has 0 amide bonds. The molecular formula is C11H9NO3S. The molecule has 1 N–H and O–H groups in total. The third-order valence-electron chi connectivity index (χ3n) is 2.16. The average Bonchev–Trinajstić information content (AvgIpc) is 2.29. The smallest absolute Gasteiger partial charge is 0.282 e. The molecule has 5 heteroatoms. The van der Waals surface area contributed by atoms with E-state index < -0.39 is 10.1 Å². The highest BCUT2D eigenvalue weighted by molar-refractivity contribution is 7.86. The number of benzene rings is 1. The van der Waals surface area contributed by atoms with E-state index >= 15 is 0 Å². The van der Waals surface area contributed by atoms with Gasteiger partial charge in [-0.2, -0.15) is 8.42 Å². The van der Waals surface area contributed by atoms with Gasteiger partial charge in [0.15, 0.2) is 0 Å². The molecule has 2 rings (SSSR count). The second-order valence-electron chi connectivity index (χ2n) is 3.21. The van der Waals surface area contributed by atoms with Crippen molar-refractivity contribution in [3.63, 3.8) is 0 Å². The molecule has 0 saturated heterocycles. The van der Waals surface area contributed by atoms with Crippen LogP contribution in [0.2, 0.25) is 0 Å². The first-order valence-corrected chi connectivity index (χ1v) is 6.00. The van der Waals surface area contributed by atoms with E-state index in [9.17, 15) is 8.42 Å². The maximum Gasteiger partial charge on any atom is 0.295 e. The first kappa shape index (κ1) is 10.8. The summed E-state index contributed by atoms with van der Waals surface area (Å²) in [5, 5.41) is 0. The minimum Gasteiger partial charge on any atom is -0.282 e. The summed E-state index contributed by atoms with van der Waals surface area (Å²) < 4.78 is 31.4. The highest BCUT2D eigenvalue weighted by Crippen LogP contribution is 2.26. The molecule has 0 radical (unpaired) electrons. The Bertz CT molecular complexity index is 594. The molecule has 1 aromatic carbocycles. The van der Waals surface area contributed by atoms with Crippen LogP contribution in [-0.4, -0.2) is 18.0 Å². The molecule has 0 aliphatic heterocycles. The van der Waals surface area contributed by atoms with Crippen LogP contribution < -0.4 is 0 Å². The Hall–Kier alpha value is -1.72. The molecule has 4 nitrogen and oxygen atoms in total. The highest BCUT2D eigenvalue weighted by Gasteiger charge is 2.15. The summed E-state index contributed by atoms with van der Waals surface area (Å²) in [5.41, 5.74) is 1.16. The van der Waals surface area contributed by atoms with Crippen molar-refractivity contribution in [2.75, 3.05) is 0 Å². The number of nitrogens with zero attached hydrogens (tertiary/aromatic N) is 1.